The van der Waals surface area contributed by atoms with E-state index < -0.39 is 30.5 Å². The summed E-state index contributed by atoms with van der Waals surface area (Å²) in [4.78, 5) is 22.9. The van der Waals surface area contributed by atoms with Crippen molar-refractivity contribution in [3.8, 4) is 0 Å². The van der Waals surface area contributed by atoms with Crippen LogP contribution < -0.4 is 0 Å². The third kappa shape index (κ3) is 2.46. The van der Waals surface area contributed by atoms with E-state index >= 15 is 0 Å². The molecule has 0 amide bonds. The van der Waals surface area contributed by atoms with Crippen LogP contribution in [0.15, 0.2) is 18.9 Å². The molecule has 9 nitrogen and oxygen atoms in total. The molecule has 2 N–H and O–H groups in total. The van der Waals surface area contributed by atoms with E-state index in [1.807, 2.05) is 0 Å². The van der Waals surface area contributed by atoms with Crippen LogP contribution in [-0.4, -0.2) is 60.6 Å². The third-order valence-electron chi connectivity index (χ3n) is 3.30. The summed E-state index contributed by atoms with van der Waals surface area (Å²) in [6.45, 7) is 1.13. The van der Waals surface area contributed by atoms with Crippen LogP contribution in [0.2, 0.25) is 0 Å². The fourth-order valence-corrected chi connectivity index (χ4v) is 2.27. The Morgan fingerprint density at radius 3 is 3.00 bits per heavy atom. The van der Waals surface area contributed by atoms with Gasteiger partial charge in [0.1, 0.15) is 36.8 Å². The maximum absolute atomic E-state index is 10.8. The van der Waals surface area contributed by atoms with E-state index in [1.165, 1.54) is 30.3 Å². The van der Waals surface area contributed by atoms with Crippen molar-refractivity contribution in [1.29, 1.82) is 0 Å². The van der Waals surface area contributed by atoms with Gasteiger partial charge in [-0.15, -0.1) is 0 Å². The number of rotatable bonds is 3. The number of aromatic nitrogens is 4. The van der Waals surface area contributed by atoms with E-state index in [0.29, 0.717) is 11.2 Å². The van der Waals surface area contributed by atoms with Crippen LogP contribution in [-0.2, 0) is 14.3 Å². The standard InChI is InChI=1S/C12H14N4O5/c1-6(17)20-3-8-9(18)10(19)12(21-8)16-5-15-7-2-13-4-14-11(7)16/h2,4-5,8-10,12,18-19H,3H2,1H3/t8-,9+,10+,12-/m1/s1. The summed E-state index contributed by atoms with van der Waals surface area (Å²) >= 11 is 0. The molecular formula is C12H14N4O5. The molecule has 9 heteroatoms. The Hall–Kier alpha value is -2.10. The SMILES string of the molecule is CC(=O)OC[C@H]1O[C@@H](n2cnc3cncnc32)[C@@H](O)[C@H]1O. The van der Waals surface area contributed by atoms with E-state index in [1.54, 1.807) is 0 Å². The second-order valence-electron chi connectivity index (χ2n) is 4.73. The summed E-state index contributed by atoms with van der Waals surface area (Å²) in [5.41, 5.74) is 1.03. The molecule has 1 fully saturated rings. The molecule has 1 aliphatic heterocycles. The smallest absolute Gasteiger partial charge is 0.302 e. The number of aliphatic hydroxyl groups excluding tert-OH is 2. The Bertz CT molecular complexity index is 660. The normalized spacial score (nSPS) is 28.9. The fraction of sp³-hybridized carbons (Fsp3) is 0.500. The van der Waals surface area contributed by atoms with Crippen LogP contribution in [0.3, 0.4) is 0 Å². The molecule has 2 aromatic heterocycles. The first kappa shape index (κ1) is 13.9. The monoisotopic (exact) mass is 294 g/mol. The lowest BCUT2D eigenvalue weighted by Gasteiger charge is -2.16. The van der Waals surface area contributed by atoms with Crippen LogP contribution in [0, 0.1) is 0 Å². The Morgan fingerprint density at radius 1 is 1.43 bits per heavy atom. The largest absolute Gasteiger partial charge is 0.463 e. The van der Waals surface area contributed by atoms with E-state index in [0.717, 1.165) is 0 Å². The predicted octanol–water partition coefficient (Wildman–Crippen LogP) is -0.991. The number of esters is 1. The molecular weight excluding hydrogens is 280 g/mol. The Balaban J connectivity index is 1.84. The number of aliphatic hydroxyl groups is 2. The lowest BCUT2D eigenvalue weighted by atomic mass is 10.1. The van der Waals surface area contributed by atoms with Gasteiger partial charge >= 0.3 is 5.97 Å². The van der Waals surface area contributed by atoms with E-state index in [9.17, 15) is 15.0 Å². The third-order valence-corrected chi connectivity index (χ3v) is 3.30. The highest BCUT2D eigenvalue weighted by molar-refractivity contribution is 5.69. The number of imidazole rings is 1. The molecule has 0 aromatic carbocycles. The summed E-state index contributed by atoms with van der Waals surface area (Å²) < 4.78 is 11.9. The maximum atomic E-state index is 10.8. The first-order valence-corrected chi connectivity index (χ1v) is 6.35. The molecule has 1 aliphatic rings. The second kappa shape index (κ2) is 5.35. The average Bonchev–Trinajstić information content (AvgIpc) is 3.00. The van der Waals surface area contributed by atoms with Gasteiger partial charge in [-0.1, -0.05) is 0 Å². The molecule has 4 atom stereocenters. The lowest BCUT2D eigenvalue weighted by Crippen LogP contribution is -2.34. The van der Waals surface area contributed by atoms with Crippen LogP contribution in [0.1, 0.15) is 13.2 Å². The topological polar surface area (TPSA) is 120 Å². The minimum atomic E-state index is -1.18. The number of fused-ring (bicyclic) bond motifs is 1. The first-order chi connectivity index (χ1) is 10.1. The van der Waals surface area contributed by atoms with Crippen LogP contribution in [0.25, 0.3) is 11.2 Å². The lowest BCUT2D eigenvalue weighted by molar-refractivity contribution is -0.147. The van der Waals surface area contributed by atoms with Crippen molar-refractivity contribution < 1.29 is 24.5 Å². The van der Waals surface area contributed by atoms with E-state index in [4.69, 9.17) is 9.47 Å². The molecule has 0 aliphatic carbocycles. The molecule has 3 heterocycles. The zero-order valence-electron chi connectivity index (χ0n) is 11.2. The minimum absolute atomic E-state index is 0.133. The molecule has 3 rings (SSSR count). The van der Waals surface area contributed by atoms with Gasteiger partial charge in [0, 0.05) is 6.92 Å². The van der Waals surface area contributed by atoms with Crippen molar-refractivity contribution in [3.63, 3.8) is 0 Å². The van der Waals surface area contributed by atoms with Gasteiger partial charge in [-0.2, -0.15) is 0 Å². The van der Waals surface area contributed by atoms with Crippen molar-refractivity contribution >= 4 is 17.1 Å². The summed E-state index contributed by atoms with van der Waals surface area (Å²) in [6, 6.07) is 0. The molecule has 1 saturated heterocycles. The Morgan fingerprint density at radius 2 is 2.24 bits per heavy atom. The highest BCUT2D eigenvalue weighted by atomic mass is 16.6. The summed E-state index contributed by atoms with van der Waals surface area (Å²) in [5.74, 6) is -0.482. The van der Waals surface area contributed by atoms with E-state index in [-0.39, 0.29) is 6.61 Å². The van der Waals surface area contributed by atoms with Crippen LogP contribution in [0.4, 0.5) is 0 Å². The highest BCUT2D eigenvalue weighted by Gasteiger charge is 2.44. The van der Waals surface area contributed by atoms with Crippen molar-refractivity contribution in [2.45, 2.75) is 31.5 Å². The molecule has 112 valence electrons. The van der Waals surface area contributed by atoms with Crippen LogP contribution >= 0.6 is 0 Å². The first-order valence-electron chi connectivity index (χ1n) is 6.35. The van der Waals surface area contributed by atoms with Crippen molar-refractivity contribution in [3.05, 3.63) is 18.9 Å². The van der Waals surface area contributed by atoms with Gasteiger partial charge in [-0.25, -0.2) is 15.0 Å². The molecule has 0 saturated carbocycles. The Labute approximate surface area is 119 Å². The quantitative estimate of drug-likeness (QED) is 0.692. The summed E-state index contributed by atoms with van der Waals surface area (Å²) in [5, 5.41) is 20.1. The summed E-state index contributed by atoms with van der Waals surface area (Å²) in [7, 11) is 0. The van der Waals surface area contributed by atoms with Crippen molar-refractivity contribution in [2.75, 3.05) is 6.61 Å². The summed E-state index contributed by atoms with van der Waals surface area (Å²) in [6.07, 6.45) is 0.315. The zero-order chi connectivity index (χ0) is 15.0. The molecule has 0 bridgehead atoms. The van der Waals surface area contributed by atoms with Gasteiger partial charge in [0.05, 0.1) is 12.5 Å². The van der Waals surface area contributed by atoms with Gasteiger partial charge in [0.15, 0.2) is 11.9 Å². The van der Waals surface area contributed by atoms with Crippen molar-refractivity contribution in [2.24, 2.45) is 0 Å². The molecule has 0 radical (unpaired) electrons. The number of nitrogens with zero attached hydrogens (tertiary/aromatic N) is 4. The fourth-order valence-electron chi connectivity index (χ4n) is 2.27. The number of ether oxygens (including phenoxy) is 2. The van der Waals surface area contributed by atoms with Gasteiger partial charge < -0.3 is 19.7 Å². The molecule has 2 aromatic rings. The average molecular weight is 294 g/mol. The van der Waals surface area contributed by atoms with Crippen LogP contribution in [0.5, 0.6) is 0 Å². The van der Waals surface area contributed by atoms with E-state index in [2.05, 4.69) is 15.0 Å². The van der Waals surface area contributed by atoms with Gasteiger partial charge in [0.25, 0.3) is 0 Å². The minimum Gasteiger partial charge on any atom is -0.463 e. The predicted molar refractivity (Wildman–Crippen MR) is 67.9 cm³/mol. The van der Waals surface area contributed by atoms with Gasteiger partial charge in [0.2, 0.25) is 0 Å². The van der Waals surface area contributed by atoms with Crippen molar-refractivity contribution in [1.82, 2.24) is 19.5 Å². The second-order valence-corrected chi connectivity index (χ2v) is 4.73. The number of carbonyl (C=O) groups excluding carboxylic acids is 1. The number of carbonyl (C=O) groups is 1. The van der Waals surface area contributed by atoms with Gasteiger partial charge in [-0.3, -0.25) is 9.36 Å². The molecule has 21 heavy (non-hydrogen) atoms. The van der Waals surface area contributed by atoms with Gasteiger partial charge in [-0.05, 0) is 0 Å². The highest BCUT2D eigenvalue weighted by Crippen LogP contribution is 2.31. The molecule has 0 unspecified atom stereocenters. The molecule has 0 spiro atoms. The maximum Gasteiger partial charge on any atom is 0.302 e. The Kier molecular flexibility index (Phi) is 3.53. The number of hydrogen-bond acceptors (Lipinski definition) is 8. The zero-order valence-corrected chi connectivity index (χ0v) is 11.2. The number of hydrogen-bond donors (Lipinski definition) is 2.